The number of amides is 1. The van der Waals surface area contributed by atoms with Crippen LogP contribution in [0.5, 0.6) is 0 Å². The van der Waals surface area contributed by atoms with Gasteiger partial charge in [-0.15, -0.1) is 0 Å². The molecule has 2 N–H and O–H groups in total. The van der Waals surface area contributed by atoms with Gasteiger partial charge in [-0.25, -0.2) is 0 Å². The molecule has 1 saturated heterocycles. The predicted molar refractivity (Wildman–Crippen MR) is 81.1 cm³/mol. The topological polar surface area (TPSA) is 71.7 Å². The zero-order valence-electron chi connectivity index (χ0n) is 11.1. The minimum absolute atomic E-state index is 0.00598. The Bertz CT molecular complexity index is 445. The maximum atomic E-state index is 12.0. The zero-order chi connectivity index (χ0) is 14.4. The molecule has 0 aromatic carbocycles. The number of carbonyl (C=O) groups excluding carboxylic acids is 1. The molecule has 0 radical (unpaired) electrons. The second-order valence-electron chi connectivity index (χ2n) is 4.65. The third kappa shape index (κ3) is 4.25. The van der Waals surface area contributed by atoms with Crippen LogP contribution in [0, 0.1) is 0 Å². The Labute approximate surface area is 130 Å². The number of hydrogen-bond acceptors (Lipinski definition) is 5. The fourth-order valence-corrected chi connectivity index (χ4v) is 3.69. The molecule has 20 heavy (non-hydrogen) atoms. The van der Waals surface area contributed by atoms with Crippen molar-refractivity contribution in [3.8, 4) is 0 Å². The molecular weight excluding hydrogens is 346 g/mol. The molecule has 1 amide bonds. The van der Waals surface area contributed by atoms with Crippen LogP contribution in [0.25, 0.3) is 0 Å². The van der Waals surface area contributed by atoms with Crippen LogP contribution < -0.4 is 5.32 Å². The quantitative estimate of drug-likeness (QED) is 0.809. The zero-order valence-corrected chi connectivity index (χ0v) is 13.5. The van der Waals surface area contributed by atoms with Crippen LogP contribution >= 0.6 is 27.7 Å². The van der Waals surface area contributed by atoms with Gasteiger partial charge in [-0.3, -0.25) is 4.79 Å². The van der Waals surface area contributed by atoms with Crippen LogP contribution in [0.15, 0.2) is 21.2 Å². The number of rotatable bonds is 6. The summed E-state index contributed by atoms with van der Waals surface area (Å²) in [5.41, 5.74) is -0.368. The normalized spacial score (nSPS) is 17.9. The largest absolute Gasteiger partial charge is 0.444 e. The lowest BCUT2D eigenvalue weighted by atomic mass is 9.96. The van der Waals surface area contributed by atoms with Gasteiger partial charge in [-0.2, -0.15) is 11.8 Å². The average Bonchev–Trinajstić information content (AvgIpc) is 2.90. The molecule has 1 aromatic rings. The first kappa shape index (κ1) is 15.9. The molecule has 5 nitrogen and oxygen atoms in total. The molecule has 1 fully saturated rings. The van der Waals surface area contributed by atoms with E-state index in [9.17, 15) is 4.79 Å². The van der Waals surface area contributed by atoms with Crippen LogP contribution in [0.1, 0.15) is 23.4 Å². The number of ether oxygens (including phenoxy) is 1. The van der Waals surface area contributed by atoms with Crippen LogP contribution in [-0.2, 0) is 4.74 Å². The Morgan fingerprint density at radius 3 is 2.85 bits per heavy atom. The van der Waals surface area contributed by atoms with Gasteiger partial charge >= 0.3 is 0 Å². The van der Waals surface area contributed by atoms with Crippen LogP contribution in [0.3, 0.4) is 0 Å². The van der Waals surface area contributed by atoms with E-state index in [1.165, 1.54) is 0 Å². The molecule has 1 aromatic heterocycles. The molecule has 0 saturated carbocycles. The maximum absolute atomic E-state index is 12.0. The lowest BCUT2D eigenvalue weighted by molar-refractivity contribution is -0.0609. The van der Waals surface area contributed by atoms with Crippen LogP contribution in [0.2, 0.25) is 0 Å². The first-order chi connectivity index (χ1) is 9.65. The number of hydrogen-bond donors (Lipinski definition) is 2. The predicted octanol–water partition coefficient (Wildman–Crippen LogP) is 2.05. The van der Waals surface area contributed by atoms with E-state index < -0.39 is 0 Å². The number of furan rings is 1. The summed E-state index contributed by atoms with van der Waals surface area (Å²) in [5, 5.41) is 11.8. The Kier molecular flexibility index (Phi) is 5.95. The SMILES string of the molecule is O=C(NCC1(OCCO)CCSCC1)c1ccc(Br)o1. The van der Waals surface area contributed by atoms with Crippen molar-refractivity contribution in [2.24, 2.45) is 0 Å². The van der Waals surface area contributed by atoms with Crippen molar-refractivity contribution in [3.05, 3.63) is 22.6 Å². The van der Waals surface area contributed by atoms with Crippen molar-refractivity contribution < 1.29 is 19.1 Å². The summed E-state index contributed by atoms with van der Waals surface area (Å²) in [6, 6.07) is 3.31. The third-order valence-electron chi connectivity index (χ3n) is 3.27. The first-order valence-electron chi connectivity index (χ1n) is 6.51. The summed E-state index contributed by atoms with van der Waals surface area (Å²) in [7, 11) is 0. The molecule has 0 unspecified atom stereocenters. The minimum Gasteiger partial charge on any atom is -0.444 e. The number of aliphatic hydroxyl groups excluding tert-OH is 1. The van der Waals surface area contributed by atoms with Gasteiger partial charge in [-0.1, -0.05) is 0 Å². The Morgan fingerprint density at radius 1 is 1.50 bits per heavy atom. The van der Waals surface area contributed by atoms with Crippen molar-refractivity contribution in [1.29, 1.82) is 0 Å². The van der Waals surface area contributed by atoms with Gasteiger partial charge in [0.15, 0.2) is 10.4 Å². The Hall–Kier alpha value is -0.500. The maximum Gasteiger partial charge on any atom is 0.287 e. The fraction of sp³-hybridized carbons (Fsp3) is 0.615. The molecule has 0 bridgehead atoms. The van der Waals surface area contributed by atoms with Crippen molar-refractivity contribution in [2.75, 3.05) is 31.3 Å². The number of aliphatic hydroxyl groups is 1. The van der Waals surface area contributed by atoms with E-state index in [-0.39, 0.29) is 23.9 Å². The smallest absolute Gasteiger partial charge is 0.287 e. The van der Waals surface area contributed by atoms with Crippen molar-refractivity contribution in [2.45, 2.75) is 18.4 Å². The van der Waals surface area contributed by atoms with E-state index in [0.717, 1.165) is 24.3 Å². The second kappa shape index (κ2) is 7.49. The minimum atomic E-state index is -0.368. The fourth-order valence-electron chi connectivity index (χ4n) is 2.14. The average molecular weight is 364 g/mol. The molecule has 1 aliphatic heterocycles. The number of carbonyl (C=O) groups is 1. The third-order valence-corrected chi connectivity index (χ3v) is 4.68. The van der Waals surface area contributed by atoms with E-state index in [0.29, 0.717) is 17.8 Å². The summed E-state index contributed by atoms with van der Waals surface area (Å²) in [4.78, 5) is 12.0. The van der Waals surface area contributed by atoms with E-state index in [1.807, 2.05) is 11.8 Å². The highest BCUT2D eigenvalue weighted by Crippen LogP contribution is 2.30. The molecule has 1 aliphatic rings. The standard InChI is InChI=1S/C13H18BrNO4S/c14-11-2-1-10(19-11)12(17)15-9-13(18-6-5-16)3-7-20-8-4-13/h1-2,16H,3-9H2,(H,15,17). The number of halogens is 1. The molecule has 2 heterocycles. The van der Waals surface area contributed by atoms with Gasteiger partial charge in [0.2, 0.25) is 0 Å². The van der Waals surface area contributed by atoms with Crippen molar-refractivity contribution in [3.63, 3.8) is 0 Å². The summed E-state index contributed by atoms with van der Waals surface area (Å²) >= 11 is 5.06. The highest BCUT2D eigenvalue weighted by molar-refractivity contribution is 9.10. The van der Waals surface area contributed by atoms with Crippen LogP contribution in [-0.4, -0.2) is 47.9 Å². The first-order valence-corrected chi connectivity index (χ1v) is 8.46. The molecule has 0 atom stereocenters. The summed E-state index contributed by atoms with van der Waals surface area (Å²) < 4.78 is 11.5. The van der Waals surface area contributed by atoms with Gasteiger partial charge in [-0.05, 0) is 52.4 Å². The van der Waals surface area contributed by atoms with Crippen molar-refractivity contribution in [1.82, 2.24) is 5.32 Å². The van der Waals surface area contributed by atoms with Gasteiger partial charge in [0.05, 0.1) is 18.8 Å². The monoisotopic (exact) mass is 363 g/mol. The number of nitrogens with one attached hydrogen (secondary N) is 1. The van der Waals surface area contributed by atoms with Gasteiger partial charge in [0.1, 0.15) is 0 Å². The van der Waals surface area contributed by atoms with E-state index >= 15 is 0 Å². The van der Waals surface area contributed by atoms with Gasteiger partial charge < -0.3 is 19.6 Å². The lowest BCUT2D eigenvalue weighted by Gasteiger charge is -2.36. The van der Waals surface area contributed by atoms with Gasteiger partial charge in [0.25, 0.3) is 5.91 Å². The molecule has 2 rings (SSSR count). The molecular formula is C13H18BrNO4S. The van der Waals surface area contributed by atoms with E-state index in [4.69, 9.17) is 14.3 Å². The Balaban J connectivity index is 1.92. The number of thioether (sulfide) groups is 1. The Morgan fingerprint density at radius 2 is 2.25 bits per heavy atom. The molecule has 112 valence electrons. The van der Waals surface area contributed by atoms with E-state index in [1.54, 1.807) is 12.1 Å². The molecule has 0 spiro atoms. The summed E-state index contributed by atoms with van der Waals surface area (Å²) in [6.45, 7) is 0.728. The molecule has 0 aliphatic carbocycles. The second-order valence-corrected chi connectivity index (χ2v) is 6.66. The van der Waals surface area contributed by atoms with E-state index in [2.05, 4.69) is 21.2 Å². The molecule has 7 heteroatoms. The summed E-state index contributed by atoms with van der Waals surface area (Å²) in [6.07, 6.45) is 1.75. The van der Waals surface area contributed by atoms with Crippen molar-refractivity contribution >= 4 is 33.6 Å². The summed E-state index contributed by atoms with van der Waals surface area (Å²) in [5.74, 6) is 2.04. The van der Waals surface area contributed by atoms with Crippen LogP contribution in [0.4, 0.5) is 0 Å². The highest BCUT2D eigenvalue weighted by atomic mass is 79.9. The lowest BCUT2D eigenvalue weighted by Crippen LogP contribution is -2.48. The highest BCUT2D eigenvalue weighted by Gasteiger charge is 2.33. The van der Waals surface area contributed by atoms with Gasteiger partial charge in [0, 0.05) is 6.54 Å².